The summed E-state index contributed by atoms with van der Waals surface area (Å²) in [6.45, 7) is 2.66. The number of rotatable bonds is 4. The molecule has 1 N–H and O–H groups in total. The second-order valence-corrected chi connectivity index (χ2v) is 8.43. The molecule has 1 aliphatic heterocycles. The second-order valence-electron chi connectivity index (χ2n) is 6.36. The molecule has 2 aromatic rings. The van der Waals surface area contributed by atoms with Crippen LogP contribution in [0, 0.1) is 6.92 Å². The van der Waals surface area contributed by atoms with E-state index in [2.05, 4.69) is 9.71 Å². The third kappa shape index (κ3) is 4.23. The van der Waals surface area contributed by atoms with E-state index in [0.29, 0.717) is 30.6 Å². The van der Waals surface area contributed by atoms with Gasteiger partial charge in [0.2, 0.25) is 10.0 Å². The van der Waals surface area contributed by atoms with Gasteiger partial charge in [-0.3, -0.25) is 4.79 Å². The zero-order valence-corrected chi connectivity index (χ0v) is 15.9. The Bertz CT molecular complexity index is 903. The minimum absolute atomic E-state index is 0.0749. The van der Waals surface area contributed by atoms with Crippen molar-refractivity contribution in [2.75, 3.05) is 13.1 Å². The molecular formula is C18H20ClN3O3S. The minimum atomic E-state index is -3.72. The highest BCUT2D eigenvalue weighted by Gasteiger charge is 2.28. The average molecular weight is 394 g/mol. The van der Waals surface area contributed by atoms with Gasteiger partial charge in [0, 0.05) is 30.9 Å². The molecule has 138 valence electrons. The van der Waals surface area contributed by atoms with Crippen LogP contribution in [0.15, 0.2) is 47.5 Å². The van der Waals surface area contributed by atoms with E-state index in [0.717, 1.165) is 6.42 Å². The third-order valence-electron chi connectivity index (χ3n) is 4.35. The highest BCUT2D eigenvalue weighted by Crippen LogP contribution is 2.19. The predicted molar refractivity (Wildman–Crippen MR) is 99.7 cm³/mol. The Labute approximate surface area is 158 Å². The maximum Gasteiger partial charge on any atom is 0.253 e. The van der Waals surface area contributed by atoms with Crippen LogP contribution in [0.25, 0.3) is 0 Å². The Kier molecular flexibility index (Phi) is 5.60. The van der Waals surface area contributed by atoms with Crippen molar-refractivity contribution >= 4 is 27.5 Å². The number of piperidine rings is 1. The van der Waals surface area contributed by atoms with Crippen molar-refractivity contribution < 1.29 is 13.2 Å². The molecule has 0 bridgehead atoms. The number of hydrogen-bond donors (Lipinski definition) is 1. The zero-order chi connectivity index (χ0) is 18.7. The van der Waals surface area contributed by atoms with Gasteiger partial charge < -0.3 is 4.90 Å². The van der Waals surface area contributed by atoms with Gasteiger partial charge in [-0.2, -0.15) is 0 Å². The lowest BCUT2D eigenvalue weighted by molar-refractivity contribution is 0.0703. The number of hydrogen-bond acceptors (Lipinski definition) is 4. The van der Waals surface area contributed by atoms with Crippen LogP contribution in [-0.4, -0.2) is 43.3 Å². The fourth-order valence-corrected chi connectivity index (χ4v) is 4.38. The fourth-order valence-electron chi connectivity index (χ4n) is 2.99. The van der Waals surface area contributed by atoms with Gasteiger partial charge in [0.05, 0.1) is 0 Å². The summed E-state index contributed by atoms with van der Waals surface area (Å²) < 4.78 is 27.9. The molecule has 0 spiro atoms. The van der Waals surface area contributed by atoms with E-state index < -0.39 is 10.0 Å². The van der Waals surface area contributed by atoms with E-state index >= 15 is 0 Å². The summed E-state index contributed by atoms with van der Waals surface area (Å²) in [6.07, 6.45) is 2.66. The molecule has 1 aromatic heterocycles. The zero-order valence-electron chi connectivity index (χ0n) is 14.4. The minimum Gasteiger partial charge on any atom is -0.337 e. The van der Waals surface area contributed by atoms with Crippen molar-refractivity contribution in [2.24, 2.45) is 0 Å². The molecule has 0 saturated carbocycles. The SMILES string of the molecule is Cc1cc(S(=O)(=O)NC2CCCN(C(=O)c3ccccc3)C2)cnc1Cl. The number of amides is 1. The van der Waals surface area contributed by atoms with Crippen molar-refractivity contribution in [1.82, 2.24) is 14.6 Å². The summed E-state index contributed by atoms with van der Waals surface area (Å²) in [6, 6.07) is 10.2. The van der Waals surface area contributed by atoms with Crippen molar-refractivity contribution in [1.29, 1.82) is 0 Å². The van der Waals surface area contributed by atoms with Crippen molar-refractivity contribution in [2.45, 2.75) is 30.7 Å². The van der Waals surface area contributed by atoms with Gasteiger partial charge in [0.25, 0.3) is 5.91 Å². The van der Waals surface area contributed by atoms with Crippen molar-refractivity contribution in [3.63, 3.8) is 0 Å². The molecule has 0 aliphatic carbocycles. The normalized spacial score (nSPS) is 17.9. The molecule has 1 aromatic carbocycles. The van der Waals surface area contributed by atoms with Gasteiger partial charge in [-0.05, 0) is 43.5 Å². The number of halogens is 1. The van der Waals surface area contributed by atoms with Crippen LogP contribution in [0.3, 0.4) is 0 Å². The number of nitrogens with one attached hydrogen (secondary N) is 1. The van der Waals surface area contributed by atoms with E-state index in [-0.39, 0.29) is 22.0 Å². The van der Waals surface area contributed by atoms with Crippen LogP contribution in [0.1, 0.15) is 28.8 Å². The predicted octanol–water partition coefficient (Wildman–Crippen LogP) is 2.63. The highest BCUT2D eigenvalue weighted by atomic mass is 35.5. The first-order valence-electron chi connectivity index (χ1n) is 8.35. The van der Waals surface area contributed by atoms with Crippen molar-refractivity contribution in [3.05, 3.63) is 58.9 Å². The number of aryl methyl sites for hydroxylation is 1. The first-order valence-corrected chi connectivity index (χ1v) is 10.2. The molecular weight excluding hydrogens is 374 g/mol. The molecule has 6 nitrogen and oxygen atoms in total. The Balaban J connectivity index is 1.71. The molecule has 26 heavy (non-hydrogen) atoms. The van der Waals surface area contributed by atoms with Crippen LogP contribution in [0.2, 0.25) is 5.15 Å². The van der Waals surface area contributed by atoms with Crippen LogP contribution in [0.5, 0.6) is 0 Å². The summed E-state index contributed by atoms with van der Waals surface area (Å²) in [5, 5.41) is 0.279. The number of sulfonamides is 1. The standard InChI is InChI=1S/C18H20ClN3O3S/c1-13-10-16(11-20-17(13)19)26(24,25)21-15-8-5-9-22(12-15)18(23)14-6-3-2-4-7-14/h2-4,6-7,10-11,15,21H,5,8-9,12H2,1H3. The first kappa shape index (κ1) is 18.8. The molecule has 0 radical (unpaired) electrons. The quantitative estimate of drug-likeness (QED) is 0.810. The maximum atomic E-state index is 12.6. The lowest BCUT2D eigenvalue weighted by atomic mass is 10.1. The summed E-state index contributed by atoms with van der Waals surface area (Å²) in [5.41, 5.74) is 1.20. The van der Waals surface area contributed by atoms with Gasteiger partial charge >= 0.3 is 0 Å². The molecule has 1 atom stereocenters. The second kappa shape index (κ2) is 7.73. The molecule has 1 amide bonds. The summed E-state index contributed by atoms with van der Waals surface area (Å²) >= 11 is 5.86. The molecule has 2 heterocycles. The number of benzene rings is 1. The smallest absolute Gasteiger partial charge is 0.253 e. The third-order valence-corrected chi connectivity index (χ3v) is 6.23. The Morgan fingerprint density at radius 3 is 2.73 bits per heavy atom. The molecule has 8 heteroatoms. The van der Waals surface area contributed by atoms with E-state index in [4.69, 9.17) is 11.6 Å². The van der Waals surface area contributed by atoms with Crippen LogP contribution in [0.4, 0.5) is 0 Å². The highest BCUT2D eigenvalue weighted by molar-refractivity contribution is 7.89. The average Bonchev–Trinajstić information content (AvgIpc) is 2.64. The van der Waals surface area contributed by atoms with Crippen LogP contribution >= 0.6 is 11.6 Å². The van der Waals surface area contributed by atoms with E-state index in [1.807, 2.05) is 18.2 Å². The first-order chi connectivity index (χ1) is 12.4. The van der Waals surface area contributed by atoms with Crippen molar-refractivity contribution in [3.8, 4) is 0 Å². The van der Waals surface area contributed by atoms with Crippen LogP contribution in [-0.2, 0) is 10.0 Å². The Hall–Kier alpha value is -1.96. The molecule has 1 unspecified atom stereocenters. The maximum absolute atomic E-state index is 12.6. The fraction of sp³-hybridized carbons (Fsp3) is 0.333. The largest absolute Gasteiger partial charge is 0.337 e. The number of carbonyl (C=O) groups excluding carboxylic acids is 1. The Morgan fingerprint density at radius 2 is 2.04 bits per heavy atom. The van der Waals surface area contributed by atoms with Gasteiger partial charge in [-0.25, -0.2) is 18.1 Å². The number of carbonyl (C=O) groups is 1. The van der Waals surface area contributed by atoms with Gasteiger partial charge in [0.15, 0.2) is 0 Å². The summed E-state index contributed by atoms with van der Waals surface area (Å²) in [7, 11) is -3.72. The van der Waals surface area contributed by atoms with E-state index in [9.17, 15) is 13.2 Å². The lowest BCUT2D eigenvalue weighted by Gasteiger charge is -2.33. The summed E-state index contributed by atoms with van der Waals surface area (Å²) in [4.78, 5) is 18.3. The van der Waals surface area contributed by atoms with Gasteiger partial charge in [-0.15, -0.1) is 0 Å². The number of nitrogens with zero attached hydrogens (tertiary/aromatic N) is 2. The number of likely N-dealkylation sites (tertiary alicyclic amines) is 1. The van der Waals surface area contributed by atoms with Gasteiger partial charge in [-0.1, -0.05) is 29.8 Å². The molecule has 3 rings (SSSR count). The Morgan fingerprint density at radius 1 is 1.31 bits per heavy atom. The monoisotopic (exact) mass is 393 g/mol. The summed E-state index contributed by atoms with van der Waals surface area (Å²) in [5.74, 6) is -0.0847. The lowest BCUT2D eigenvalue weighted by Crippen LogP contribution is -2.49. The van der Waals surface area contributed by atoms with Crippen LogP contribution < -0.4 is 4.72 Å². The molecule has 1 fully saturated rings. The van der Waals surface area contributed by atoms with Gasteiger partial charge in [0.1, 0.15) is 10.0 Å². The molecule has 1 aliphatic rings. The molecule has 1 saturated heterocycles. The number of pyridine rings is 1. The number of aromatic nitrogens is 1. The topological polar surface area (TPSA) is 79.4 Å². The van der Waals surface area contributed by atoms with E-state index in [1.165, 1.54) is 12.3 Å². The van der Waals surface area contributed by atoms with E-state index in [1.54, 1.807) is 24.0 Å².